The highest BCUT2D eigenvalue weighted by molar-refractivity contribution is 7.99. The van der Waals surface area contributed by atoms with Gasteiger partial charge in [0, 0.05) is 10.8 Å². The fourth-order valence-electron chi connectivity index (χ4n) is 2.43. The van der Waals surface area contributed by atoms with Crippen LogP contribution >= 0.6 is 35.0 Å². The van der Waals surface area contributed by atoms with E-state index in [0.717, 1.165) is 29.7 Å². The van der Waals surface area contributed by atoms with Gasteiger partial charge in [0.25, 0.3) is 5.22 Å². The fourth-order valence-corrected chi connectivity index (χ4v) is 3.69. The van der Waals surface area contributed by atoms with Crippen molar-refractivity contribution < 1.29 is 19.1 Å². The van der Waals surface area contributed by atoms with Crippen molar-refractivity contribution in [2.24, 2.45) is 0 Å². The molecule has 0 radical (unpaired) electrons. The van der Waals surface area contributed by atoms with Crippen LogP contribution in [0.4, 0.5) is 0 Å². The van der Waals surface area contributed by atoms with Gasteiger partial charge in [-0.3, -0.25) is 4.79 Å². The van der Waals surface area contributed by atoms with Crippen LogP contribution in [-0.4, -0.2) is 28.4 Å². The van der Waals surface area contributed by atoms with Gasteiger partial charge in [0.15, 0.2) is 5.58 Å². The number of nitrogens with zero attached hydrogens (tertiary/aromatic N) is 1. The smallest absolute Gasteiger partial charge is 0.307 e. The summed E-state index contributed by atoms with van der Waals surface area (Å²) < 4.78 is 11.3. The number of carboxylic acid groups (broad SMARTS) is 1. The number of hydrogen-bond donors (Lipinski definition) is 1. The van der Waals surface area contributed by atoms with Crippen molar-refractivity contribution in [1.29, 1.82) is 0 Å². The zero-order chi connectivity index (χ0) is 19.2. The molecule has 0 aliphatic heterocycles. The second-order valence-corrected chi connectivity index (χ2v) is 7.72. The fraction of sp³-hybridized carbons (Fsp3) is 0.263. The molecule has 0 aliphatic rings. The average molecular weight is 426 g/mol. The topological polar surface area (TPSA) is 72.6 Å². The van der Waals surface area contributed by atoms with E-state index in [4.69, 9.17) is 37.5 Å². The Balaban J connectivity index is 1.39. The molecule has 0 unspecified atom stereocenters. The maximum atomic E-state index is 10.7. The predicted octanol–water partition coefficient (Wildman–Crippen LogP) is 5.71. The average Bonchev–Trinajstić information content (AvgIpc) is 3.00. The first-order valence-corrected chi connectivity index (χ1v) is 10.1. The van der Waals surface area contributed by atoms with Gasteiger partial charge in [-0.15, -0.1) is 0 Å². The molecule has 142 valence electrons. The van der Waals surface area contributed by atoms with Gasteiger partial charge in [-0.1, -0.05) is 41.0 Å². The molecule has 1 heterocycles. The highest BCUT2D eigenvalue weighted by Gasteiger charge is 2.08. The van der Waals surface area contributed by atoms with Crippen molar-refractivity contribution in [2.45, 2.75) is 24.5 Å². The molecule has 0 bridgehead atoms. The summed E-state index contributed by atoms with van der Waals surface area (Å²) >= 11 is 13.6. The number of carboxylic acids is 1. The van der Waals surface area contributed by atoms with Gasteiger partial charge in [0.1, 0.15) is 11.3 Å². The molecular formula is C19H17Cl2NO4S. The molecule has 2 aromatic carbocycles. The second kappa shape index (κ2) is 9.35. The SMILES string of the molecule is O=C(O)Cc1ccc(OCCCCSc2nc3cc(Cl)ccc3o2)c(Cl)c1. The molecule has 0 amide bonds. The van der Waals surface area contributed by atoms with Gasteiger partial charge >= 0.3 is 5.97 Å². The molecule has 5 nitrogen and oxygen atoms in total. The third-order valence-electron chi connectivity index (χ3n) is 3.70. The molecule has 0 atom stereocenters. The number of oxazole rings is 1. The van der Waals surface area contributed by atoms with Crippen LogP contribution in [0.25, 0.3) is 11.1 Å². The van der Waals surface area contributed by atoms with E-state index in [0.29, 0.717) is 33.2 Å². The number of aliphatic carboxylic acids is 1. The van der Waals surface area contributed by atoms with Gasteiger partial charge in [-0.25, -0.2) is 4.98 Å². The number of fused-ring (bicyclic) bond motifs is 1. The molecule has 3 rings (SSSR count). The Bertz CT molecular complexity index is 945. The Hall–Kier alpha value is -1.89. The van der Waals surface area contributed by atoms with Crippen LogP contribution in [0.3, 0.4) is 0 Å². The Morgan fingerprint density at radius 3 is 2.81 bits per heavy atom. The van der Waals surface area contributed by atoms with E-state index < -0.39 is 5.97 Å². The lowest BCUT2D eigenvalue weighted by molar-refractivity contribution is -0.136. The zero-order valence-corrected chi connectivity index (χ0v) is 16.6. The van der Waals surface area contributed by atoms with Crippen LogP contribution in [0.1, 0.15) is 18.4 Å². The maximum absolute atomic E-state index is 10.7. The second-order valence-electron chi connectivity index (χ2n) is 5.83. The third kappa shape index (κ3) is 5.79. The van der Waals surface area contributed by atoms with E-state index >= 15 is 0 Å². The van der Waals surface area contributed by atoms with E-state index in [-0.39, 0.29) is 6.42 Å². The van der Waals surface area contributed by atoms with Gasteiger partial charge in [0.2, 0.25) is 0 Å². The molecular weight excluding hydrogens is 409 g/mol. The lowest BCUT2D eigenvalue weighted by Gasteiger charge is -2.08. The zero-order valence-electron chi connectivity index (χ0n) is 14.3. The van der Waals surface area contributed by atoms with Crippen LogP contribution in [0.5, 0.6) is 5.75 Å². The summed E-state index contributed by atoms with van der Waals surface area (Å²) in [4.78, 5) is 15.1. The van der Waals surface area contributed by atoms with E-state index in [1.807, 2.05) is 6.07 Å². The minimum Gasteiger partial charge on any atom is -0.492 e. The van der Waals surface area contributed by atoms with Crippen molar-refractivity contribution in [2.75, 3.05) is 12.4 Å². The van der Waals surface area contributed by atoms with Gasteiger partial charge < -0.3 is 14.3 Å². The van der Waals surface area contributed by atoms with Crippen molar-refractivity contribution >= 4 is 52.0 Å². The molecule has 27 heavy (non-hydrogen) atoms. The van der Waals surface area contributed by atoms with Crippen molar-refractivity contribution in [3.8, 4) is 5.75 Å². The lowest BCUT2D eigenvalue weighted by Crippen LogP contribution is -2.01. The number of ether oxygens (including phenoxy) is 1. The van der Waals surface area contributed by atoms with E-state index in [9.17, 15) is 4.79 Å². The molecule has 8 heteroatoms. The number of benzene rings is 2. The number of rotatable bonds is 9. The Morgan fingerprint density at radius 2 is 2.04 bits per heavy atom. The van der Waals surface area contributed by atoms with Crippen LogP contribution in [0.15, 0.2) is 46.0 Å². The van der Waals surface area contributed by atoms with Crippen LogP contribution < -0.4 is 4.74 Å². The molecule has 0 aliphatic carbocycles. The number of halogens is 2. The summed E-state index contributed by atoms with van der Waals surface area (Å²) in [6.45, 7) is 0.529. The molecule has 1 aromatic heterocycles. The van der Waals surface area contributed by atoms with Gasteiger partial charge in [-0.2, -0.15) is 0 Å². The first-order valence-electron chi connectivity index (χ1n) is 8.33. The molecule has 3 aromatic rings. The summed E-state index contributed by atoms with van der Waals surface area (Å²) in [5.74, 6) is 0.531. The summed E-state index contributed by atoms with van der Waals surface area (Å²) in [6.07, 6.45) is 1.73. The number of thioether (sulfide) groups is 1. The number of unbranched alkanes of at least 4 members (excludes halogenated alkanes) is 1. The third-order valence-corrected chi connectivity index (χ3v) is 5.15. The first kappa shape index (κ1) is 19.9. The lowest BCUT2D eigenvalue weighted by atomic mass is 10.1. The highest BCUT2D eigenvalue weighted by Crippen LogP contribution is 2.27. The van der Waals surface area contributed by atoms with Crippen LogP contribution in [0.2, 0.25) is 10.0 Å². The number of hydrogen-bond acceptors (Lipinski definition) is 5. The van der Waals surface area contributed by atoms with Crippen molar-refractivity contribution in [3.05, 3.63) is 52.0 Å². The van der Waals surface area contributed by atoms with Crippen molar-refractivity contribution in [3.63, 3.8) is 0 Å². The monoisotopic (exact) mass is 425 g/mol. The Morgan fingerprint density at radius 1 is 1.19 bits per heavy atom. The molecule has 0 saturated carbocycles. The molecule has 0 saturated heterocycles. The Labute approximate surface area is 170 Å². The maximum Gasteiger partial charge on any atom is 0.307 e. The largest absolute Gasteiger partial charge is 0.492 e. The minimum atomic E-state index is -0.890. The van der Waals surface area contributed by atoms with Crippen LogP contribution in [0, 0.1) is 0 Å². The van der Waals surface area contributed by atoms with E-state index in [2.05, 4.69) is 4.98 Å². The predicted molar refractivity (Wildman–Crippen MR) is 107 cm³/mol. The normalized spacial score (nSPS) is 11.0. The molecule has 1 N–H and O–H groups in total. The summed E-state index contributed by atoms with van der Waals surface area (Å²) in [5.41, 5.74) is 2.14. The summed E-state index contributed by atoms with van der Waals surface area (Å²) in [6, 6.07) is 10.4. The minimum absolute atomic E-state index is 0.0563. The molecule has 0 fully saturated rings. The highest BCUT2D eigenvalue weighted by atomic mass is 35.5. The van der Waals surface area contributed by atoms with Crippen LogP contribution in [-0.2, 0) is 11.2 Å². The van der Waals surface area contributed by atoms with E-state index in [1.165, 1.54) is 0 Å². The molecule has 0 spiro atoms. The van der Waals surface area contributed by atoms with Gasteiger partial charge in [0.05, 0.1) is 18.1 Å². The summed E-state index contributed by atoms with van der Waals surface area (Å²) in [5, 5.41) is 10.5. The number of carbonyl (C=O) groups is 1. The number of aromatic nitrogens is 1. The first-order chi connectivity index (χ1) is 13.0. The summed E-state index contributed by atoms with van der Waals surface area (Å²) in [7, 11) is 0. The van der Waals surface area contributed by atoms with E-state index in [1.54, 1.807) is 42.1 Å². The van der Waals surface area contributed by atoms with Crippen molar-refractivity contribution in [1.82, 2.24) is 4.98 Å². The standard InChI is InChI=1S/C19H17Cl2NO4S/c20-13-4-6-17-15(11-13)22-19(26-17)27-8-2-1-7-25-16-5-3-12(9-14(16)21)10-18(23)24/h3-6,9,11H,1-2,7-8,10H2,(H,23,24). The quantitative estimate of drug-likeness (QED) is 0.349. The van der Waals surface area contributed by atoms with Gasteiger partial charge in [-0.05, 0) is 48.7 Å². The Kier molecular flexibility index (Phi) is 6.88.